The number of ether oxygens (including phenoxy) is 1. The summed E-state index contributed by atoms with van der Waals surface area (Å²) in [5.74, 6) is -0.639. The molecule has 2 aliphatic rings. The third-order valence-corrected chi connectivity index (χ3v) is 4.39. The van der Waals surface area contributed by atoms with E-state index in [0.29, 0.717) is 11.6 Å². The van der Waals surface area contributed by atoms with Gasteiger partial charge < -0.3 is 20.7 Å². The number of nitrogens with one attached hydrogen (secondary N) is 1. The molecule has 3 N–H and O–H groups in total. The van der Waals surface area contributed by atoms with Gasteiger partial charge in [-0.05, 0) is 24.6 Å². The fourth-order valence-electron chi connectivity index (χ4n) is 3.25. The maximum absolute atomic E-state index is 14.1. The number of hydrogen-bond donors (Lipinski definition) is 2. The number of hydrogen-bond acceptors (Lipinski definition) is 5. The molecular formula is C16H21FN4O3. The minimum Gasteiger partial charge on any atom is -0.441 e. The van der Waals surface area contributed by atoms with Gasteiger partial charge in [-0.15, -0.1) is 5.12 Å². The van der Waals surface area contributed by atoms with Crippen LogP contribution in [0.1, 0.15) is 24.9 Å². The van der Waals surface area contributed by atoms with Gasteiger partial charge in [0.2, 0.25) is 5.91 Å². The molecule has 1 aromatic carbocycles. The summed E-state index contributed by atoms with van der Waals surface area (Å²) in [5.41, 5.74) is 6.76. The van der Waals surface area contributed by atoms with Crippen LogP contribution in [0.5, 0.6) is 0 Å². The number of carbonyl (C=O) groups is 2. The van der Waals surface area contributed by atoms with Crippen molar-refractivity contribution >= 4 is 17.7 Å². The van der Waals surface area contributed by atoms with E-state index >= 15 is 0 Å². The van der Waals surface area contributed by atoms with Crippen LogP contribution in [0.4, 0.5) is 15.0 Å². The Balaban J connectivity index is 1.78. The lowest BCUT2D eigenvalue weighted by Gasteiger charge is -2.33. The molecule has 3 unspecified atom stereocenters. The molecule has 1 aromatic rings. The van der Waals surface area contributed by atoms with Crippen LogP contribution in [-0.4, -0.2) is 48.9 Å². The van der Waals surface area contributed by atoms with Gasteiger partial charge in [-0.2, -0.15) is 0 Å². The molecule has 3 rings (SSSR count). The predicted octanol–water partition coefficient (Wildman–Crippen LogP) is 1.11. The lowest BCUT2D eigenvalue weighted by molar-refractivity contribution is -0.119. The minimum atomic E-state index is -1.09. The minimum absolute atomic E-state index is 0.0233. The van der Waals surface area contributed by atoms with Crippen molar-refractivity contribution < 1.29 is 18.8 Å². The van der Waals surface area contributed by atoms with Gasteiger partial charge in [-0.3, -0.25) is 4.79 Å². The van der Waals surface area contributed by atoms with E-state index in [1.54, 1.807) is 12.1 Å². The molecule has 0 bridgehead atoms. The Morgan fingerprint density at radius 2 is 2.12 bits per heavy atom. The average molecular weight is 336 g/mol. The van der Waals surface area contributed by atoms with Crippen LogP contribution >= 0.6 is 0 Å². The number of carbonyl (C=O) groups excluding carboxylic acids is 2. The van der Waals surface area contributed by atoms with E-state index in [4.69, 9.17) is 10.5 Å². The van der Waals surface area contributed by atoms with Crippen LogP contribution in [0.2, 0.25) is 0 Å². The second-order valence-corrected chi connectivity index (χ2v) is 6.24. The second kappa shape index (κ2) is 6.64. The molecule has 0 saturated carbocycles. The highest BCUT2D eigenvalue weighted by Gasteiger charge is 2.44. The Bertz CT molecular complexity index is 622. The van der Waals surface area contributed by atoms with Crippen molar-refractivity contribution in [2.75, 3.05) is 24.5 Å². The first-order valence-electron chi connectivity index (χ1n) is 7.98. The van der Waals surface area contributed by atoms with Gasteiger partial charge >= 0.3 is 6.09 Å². The number of rotatable bonds is 4. The monoisotopic (exact) mass is 336 g/mol. The van der Waals surface area contributed by atoms with Crippen molar-refractivity contribution in [1.82, 2.24) is 10.4 Å². The number of halogens is 1. The average Bonchev–Trinajstić information content (AvgIpc) is 2.81. The van der Waals surface area contributed by atoms with E-state index in [-0.39, 0.29) is 11.5 Å². The van der Waals surface area contributed by atoms with E-state index in [1.807, 2.05) is 12.1 Å². The molecule has 8 heteroatoms. The quantitative estimate of drug-likeness (QED) is 0.804. The molecule has 0 aliphatic carbocycles. The van der Waals surface area contributed by atoms with Crippen molar-refractivity contribution in [3.8, 4) is 0 Å². The summed E-state index contributed by atoms with van der Waals surface area (Å²) in [6, 6.07) is 6.75. The zero-order valence-corrected chi connectivity index (χ0v) is 13.4. The van der Waals surface area contributed by atoms with Gasteiger partial charge in [-0.25, -0.2) is 4.79 Å². The number of cyclic esters (lactones) is 1. The van der Waals surface area contributed by atoms with Gasteiger partial charge in [0.25, 0.3) is 0 Å². The highest BCUT2D eigenvalue weighted by molar-refractivity contribution is 5.76. The van der Waals surface area contributed by atoms with Crippen molar-refractivity contribution in [3.05, 3.63) is 29.8 Å². The molecule has 0 aromatic heterocycles. The summed E-state index contributed by atoms with van der Waals surface area (Å²) in [6.07, 6.45) is -2.22. The van der Waals surface area contributed by atoms with Crippen molar-refractivity contribution in [2.24, 2.45) is 5.73 Å². The van der Waals surface area contributed by atoms with Crippen molar-refractivity contribution in [2.45, 2.75) is 31.5 Å². The molecule has 3 atom stereocenters. The zero-order chi connectivity index (χ0) is 17.3. The van der Waals surface area contributed by atoms with E-state index in [0.717, 1.165) is 25.3 Å². The molecule has 2 saturated heterocycles. The van der Waals surface area contributed by atoms with Crippen LogP contribution in [0.25, 0.3) is 0 Å². The van der Waals surface area contributed by atoms with Crippen LogP contribution in [0, 0.1) is 0 Å². The molecule has 7 nitrogen and oxygen atoms in total. The van der Waals surface area contributed by atoms with Crippen LogP contribution in [0.15, 0.2) is 24.3 Å². The Morgan fingerprint density at radius 1 is 1.42 bits per heavy atom. The van der Waals surface area contributed by atoms with Crippen molar-refractivity contribution in [3.63, 3.8) is 0 Å². The Labute approximate surface area is 139 Å². The van der Waals surface area contributed by atoms with Gasteiger partial charge in [0, 0.05) is 31.4 Å². The largest absolute Gasteiger partial charge is 0.441 e. The summed E-state index contributed by atoms with van der Waals surface area (Å²) in [7, 11) is 0. The smallest absolute Gasteiger partial charge is 0.439 e. The maximum atomic E-state index is 14.1. The molecule has 130 valence electrons. The lowest BCUT2D eigenvalue weighted by Crippen LogP contribution is -2.49. The summed E-state index contributed by atoms with van der Waals surface area (Å²) in [5, 5.41) is 3.40. The number of primary amides is 1. The Hall–Kier alpha value is -2.35. The number of nitrogens with zero attached hydrogens (tertiary/aromatic N) is 2. The normalized spacial score (nSPS) is 27.2. The molecule has 2 heterocycles. The first-order chi connectivity index (χ1) is 11.5. The lowest BCUT2D eigenvalue weighted by atomic mass is 9.99. The van der Waals surface area contributed by atoms with Crippen molar-refractivity contribution in [1.29, 1.82) is 0 Å². The maximum Gasteiger partial charge on any atom is 0.439 e. The number of piperazine rings is 1. The molecule has 2 aliphatic heterocycles. The molecule has 2 amide bonds. The Kier molecular flexibility index (Phi) is 4.57. The highest BCUT2D eigenvalue weighted by atomic mass is 19.2. The number of nitrogens with two attached hydrogens (primary N) is 1. The summed E-state index contributed by atoms with van der Waals surface area (Å²) in [6.45, 7) is 4.82. The third kappa shape index (κ3) is 3.28. The van der Waals surface area contributed by atoms with Gasteiger partial charge in [-0.1, -0.05) is 16.6 Å². The van der Waals surface area contributed by atoms with Crippen LogP contribution < -0.4 is 16.0 Å². The standard InChI is InChI=1S/C16H21FN4O3/c1-10-9-20(7-6-19-10)12-4-2-11(3-5-12)15-13(8-14(18)22)24-16(23)21(15)17/h2-5,10,13,15,19H,6-9H2,1H3,(H2,18,22). The second-order valence-electron chi connectivity index (χ2n) is 6.24. The van der Waals surface area contributed by atoms with E-state index in [1.165, 1.54) is 0 Å². The van der Waals surface area contributed by atoms with E-state index < -0.39 is 24.1 Å². The predicted molar refractivity (Wildman–Crippen MR) is 85.9 cm³/mol. The van der Waals surface area contributed by atoms with Crippen LogP contribution in [-0.2, 0) is 9.53 Å². The molecule has 24 heavy (non-hydrogen) atoms. The van der Waals surface area contributed by atoms with Gasteiger partial charge in [0.1, 0.15) is 12.1 Å². The summed E-state index contributed by atoms with van der Waals surface area (Å²) >= 11 is 0. The summed E-state index contributed by atoms with van der Waals surface area (Å²) < 4.78 is 19.0. The van der Waals surface area contributed by atoms with Gasteiger partial charge in [0.15, 0.2) is 0 Å². The first kappa shape index (κ1) is 16.5. The number of anilines is 1. The first-order valence-corrected chi connectivity index (χ1v) is 7.98. The molecule has 2 fully saturated rings. The zero-order valence-electron chi connectivity index (χ0n) is 13.4. The third-order valence-electron chi connectivity index (χ3n) is 4.39. The fourth-order valence-corrected chi connectivity index (χ4v) is 3.25. The van der Waals surface area contributed by atoms with Crippen LogP contribution in [0.3, 0.4) is 0 Å². The Morgan fingerprint density at radius 3 is 2.75 bits per heavy atom. The highest BCUT2D eigenvalue weighted by Crippen LogP contribution is 2.36. The molecular weight excluding hydrogens is 315 g/mol. The molecule has 0 spiro atoms. The summed E-state index contributed by atoms with van der Waals surface area (Å²) in [4.78, 5) is 24.8. The fraction of sp³-hybridized carbons (Fsp3) is 0.500. The molecule has 0 radical (unpaired) electrons. The number of benzene rings is 1. The van der Waals surface area contributed by atoms with E-state index in [9.17, 15) is 14.1 Å². The topological polar surface area (TPSA) is 87.9 Å². The SMILES string of the molecule is CC1CN(c2ccc(C3C(CC(N)=O)OC(=O)N3F)cc2)CCN1. The number of amides is 2. The van der Waals surface area contributed by atoms with Gasteiger partial charge in [0.05, 0.1) is 6.42 Å². The van der Waals surface area contributed by atoms with E-state index in [2.05, 4.69) is 17.1 Å².